The van der Waals surface area contributed by atoms with Crippen molar-refractivity contribution in [2.24, 2.45) is 5.92 Å². The number of hydrogen-bond donors (Lipinski definition) is 1. The Morgan fingerprint density at radius 3 is 2.47 bits per heavy atom. The molecular weight excluding hydrogens is 236 g/mol. The van der Waals surface area contributed by atoms with Crippen molar-refractivity contribution in [3.05, 3.63) is 28.8 Å². The summed E-state index contributed by atoms with van der Waals surface area (Å²) in [5.41, 5.74) is 0.972. The van der Waals surface area contributed by atoms with E-state index in [0.29, 0.717) is 17.4 Å². The molecule has 0 bridgehead atoms. The molecule has 1 unspecified atom stereocenters. The molecule has 0 aliphatic heterocycles. The lowest BCUT2D eigenvalue weighted by atomic mass is 9.91. The van der Waals surface area contributed by atoms with Crippen molar-refractivity contribution in [2.45, 2.75) is 39.2 Å². The van der Waals surface area contributed by atoms with Crippen LogP contribution < -0.4 is 4.74 Å². The maximum atomic E-state index is 10.2. The van der Waals surface area contributed by atoms with Crippen molar-refractivity contribution in [3.63, 3.8) is 0 Å². The average Bonchev–Trinajstić information content (AvgIpc) is 2.31. The summed E-state index contributed by atoms with van der Waals surface area (Å²) in [7, 11) is 1.64. The lowest BCUT2D eigenvalue weighted by Crippen LogP contribution is -2.22. The van der Waals surface area contributed by atoms with Gasteiger partial charge in [0.05, 0.1) is 13.2 Å². The van der Waals surface area contributed by atoms with E-state index in [1.54, 1.807) is 13.2 Å². The number of ether oxygens (including phenoxy) is 1. The third kappa shape index (κ3) is 3.90. The first-order valence-corrected chi connectivity index (χ1v) is 6.50. The molecule has 0 saturated carbocycles. The minimum Gasteiger partial charge on any atom is -0.496 e. The number of hydrogen-bond acceptors (Lipinski definition) is 2. The molecule has 0 amide bonds. The summed E-state index contributed by atoms with van der Waals surface area (Å²) in [5, 5.41) is 10.9. The first-order valence-electron chi connectivity index (χ1n) is 6.12. The Morgan fingerprint density at radius 2 is 1.94 bits per heavy atom. The molecule has 17 heavy (non-hydrogen) atoms. The molecule has 0 heterocycles. The van der Waals surface area contributed by atoms with Gasteiger partial charge >= 0.3 is 0 Å². The monoisotopic (exact) mass is 256 g/mol. The zero-order chi connectivity index (χ0) is 12.8. The predicted molar refractivity (Wildman–Crippen MR) is 71.8 cm³/mol. The van der Waals surface area contributed by atoms with Gasteiger partial charge in [0.25, 0.3) is 0 Å². The molecule has 2 nitrogen and oxygen atoms in total. The van der Waals surface area contributed by atoms with Crippen LogP contribution in [0.4, 0.5) is 0 Å². The van der Waals surface area contributed by atoms with Gasteiger partial charge in [-0.15, -0.1) is 0 Å². The van der Waals surface area contributed by atoms with Gasteiger partial charge in [-0.1, -0.05) is 38.3 Å². The molecule has 96 valence electrons. The number of aliphatic hydroxyl groups is 1. The lowest BCUT2D eigenvalue weighted by molar-refractivity contribution is 0.102. The fraction of sp³-hybridized carbons (Fsp3) is 0.571. The number of rotatable bonds is 6. The van der Waals surface area contributed by atoms with E-state index in [9.17, 15) is 5.11 Å². The second-order valence-electron chi connectivity index (χ2n) is 4.30. The van der Waals surface area contributed by atoms with E-state index in [1.807, 2.05) is 12.1 Å². The Hall–Kier alpha value is -0.730. The number of benzene rings is 1. The molecule has 1 N–H and O–H groups in total. The third-order valence-corrected chi connectivity index (χ3v) is 3.50. The Labute approximate surface area is 109 Å². The van der Waals surface area contributed by atoms with Gasteiger partial charge in [-0.05, 0) is 29.7 Å². The summed E-state index contributed by atoms with van der Waals surface area (Å²) in [6, 6.07) is 5.51. The van der Waals surface area contributed by atoms with Gasteiger partial charge in [-0.2, -0.15) is 0 Å². The summed E-state index contributed by atoms with van der Waals surface area (Å²) < 4.78 is 5.28. The minimum atomic E-state index is -0.336. The molecule has 0 spiro atoms. The van der Waals surface area contributed by atoms with Crippen LogP contribution in [0, 0.1) is 5.92 Å². The molecule has 1 aromatic carbocycles. The van der Waals surface area contributed by atoms with Crippen LogP contribution in [0.25, 0.3) is 0 Å². The SMILES string of the molecule is CCC(CC)C(O)Cc1cc(Cl)ccc1OC. The van der Waals surface area contributed by atoms with Gasteiger partial charge in [0.15, 0.2) is 0 Å². The summed E-state index contributed by atoms with van der Waals surface area (Å²) >= 11 is 5.97. The lowest BCUT2D eigenvalue weighted by Gasteiger charge is -2.21. The van der Waals surface area contributed by atoms with Crippen LogP contribution in [0.2, 0.25) is 5.02 Å². The van der Waals surface area contributed by atoms with Crippen LogP contribution in [0.1, 0.15) is 32.3 Å². The Bertz CT molecular complexity index is 348. The molecule has 0 saturated heterocycles. The van der Waals surface area contributed by atoms with E-state index in [0.717, 1.165) is 24.2 Å². The van der Waals surface area contributed by atoms with E-state index >= 15 is 0 Å². The smallest absolute Gasteiger partial charge is 0.122 e. The van der Waals surface area contributed by atoms with E-state index in [4.69, 9.17) is 16.3 Å². The van der Waals surface area contributed by atoms with E-state index in [-0.39, 0.29) is 6.10 Å². The molecule has 0 aliphatic rings. The quantitative estimate of drug-likeness (QED) is 0.841. The second kappa shape index (κ2) is 6.87. The van der Waals surface area contributed by atoms with Gasteiger partial charge in [-0.25, -0.2) is 0 Å². The normalized spacial score (nSPS) is 12.8. The van der Waals surface area contributed by atoms with Gasteiger partial charge in [0.2, 0.25) is 0 Å². The summed E-state index contributed by atoms with van der Waals surface area (Å²) in [6.07, 6.45) is 2.23. The van der Waals surface area contributed by atoms with Gasteiger partial charge in [0.1, 0.15) is 5.75 Å². The average molecular weight is 257 g/mol. The van der Waals surface area contributed by atoms with Crippen LogP contribution in [0.3, 0.4) is 0 Å². The maximum Gasteiger partial charge on any atom is 0.122 e. The highest BCUT2D eigenvalue weighted by Crippen LogP contribution is 2.26. The van der Waals surface area contributed by atoms with Crippen molar-refractivity contribution < 1.29 is 9.84 Å². The summed E-state index contributed by atoms with van der Waals surface area (Å²) in [5.74, 6) is 1.12. The van der Waals surface area contributed by atoms with Crippen molar-refractivity contribution >= 4 is 11.6 Å². The summed E-state index contributed by atoms with van der Waals surface area (Å²) in [4.78, 5) is 0. The Morgan fingerprint density at radius 1 is 1.29 bits per heavy atom. The molecule has 0 aliphatic carbocycles. The third-order valence-electron chi connectivity index (χ3n) is 3.26. The number of halogens is 1. The largest absolute Gasteiger partial charge is 0.496 e. The summed E-state index contributed by atoms with van der Waals surface area (Å²) in [6.45, 7) is 4.21. The molecule has 0 fully saturated rings. The van der Waals surface area contributed by atoms with E-state index in [2.05, 4.69) is 13.8 Å². The number of aliphatic hydroxyl groups excluding tert-OH is 1. The molecule has 0 aromatic heterocycles. The number of methoxy groups -OCH3 is 1. The minimum absolute atomic E-state index is 0.332. The molecule has 0 radical (unpaired) electrons. The predicted octanol–water partition coefficient (Wildman–Crippen LogP) is 3.69. The first kappa shape index (κ1) is 14.3. The van der Waals surface area contributed by atoms with Gasteiger partial charge < -0.3 is 9.84 Å². The van der Waals surface area contributed by atoms with Crippen molar-refractivity contribution in [2.75, 3.05) is 7.11 Å². The van der Waals surface area contributed by atoms with Crippen LogP contribution >= 0.6 is 11.6 Å². The second-order valence-corrected chi connectivity index (χ2v) is 4.74. The van der Waals surface area contributed by atoms with Crippen LogP contribution in [-0.4, -0.2) is 18.3 Å². The van der Waals surface area contributed by atoms with Crippen LogP contribution in [-0.2, 0) is 6.42 Å². The highest BCUT2D eigenvalue weighted by Gasteiger charge is 2.17. The molecule has 1 aromatic rings. The molecule has 1 rings (SSSR count). The van der Waals surface area contributed by atoms with Crippen LogP contribution in [0.5, 0.6) is 5.75 Å². The molecular formula is C14H21ClO2. The fourth-order valence-corrected chi connectivity index (χ4v) is 2.33. The Balaban J connectivity index is 2.82. The van der Waals surface area contributed by atoms with Crippen molar-refractivity contribution in [1.82, 2.24) is 0 Å². The van der Waals surface area contributed by atoms with Crippen LogP contribution in [0.15, 0.2) is 18.2 Å². The van der Waals surface area contributed by atoms with E-state index < -0.39 is 0 Å². The standard InChI is InChI=1S/C14H21ClO2/c1-4-10(5-2)13(16)9-11-8-12(15)6-7-14(11)17-3/h6-8,10,13,16H,4-5,9H2,1-3H3. The Kier molecular flexibility index (Phi) is 5.79. The highest BCUT2D eigenvalue weighted by molar-refractivity contribution is 6.30. The van der Waals surface area contributed by atoms with Crippen molar-refractivity contribution in [1.29, 1.82) is 0 Å². The maximum absolute atomic E-state index is 10.2. The fourth-order valence-electron chi connectivity index (χ4n) is 2.13. The van der Waals surface area contributed by atoms with Gasteiger partial charge in [0, 0.05) is 11.4 Å². The van der Waals surface area contributed by atoms with Gasteiger partial charge in [-0.3, -0.25) is 0 Å². The topological polar surface area (TPSA) is 29.5 Å². The molecule has 3 heteroatoms. The van der Waals surface area contributed by atoms with E-state index in [1.165, 1.54) is 0 Å². The zero-order valence-electron chi connectivity index (χ0n) is 10.7. The van der Waals surface area contributed by atoms with Crippen molar-refractivity contribution in [3.8, 4) is 5.75 Å². The molecule has 1 atom stereocenters. The zero-order valence-corrected chi connectivity index (χ0v) is 11.5. The first-order chi connectivity index (χ1) is 8.12. The highest BCUT2D eigenvalue weighted by atomic mass is 35.5.